The van der Waals surface area contributed by atoms with Crippen LogP contribution in [0.4, 0.5) is 0 Å². The van der Waals surface area contributed by atoms with Crippen molar-refractivity contribution in [3.63, 3.8) is 0 Å². The van der Waals surface area contributed by atoms with Crippen LogP contribution in [0.1, 0.15) is 0 Å². The predicted octanol–water partition coefficient (Wildman–Crippen LogP) is -0.243. The van der Waals surface area contributed by atoms with Crippen LogP contribution in [0.2, 0.25) is 0 Å². The third-order valence-corrected chi connectivity index (χ3v) is 0. The molecule has 0 saturated carbocycles. The molecule has 0 aromatic carbocycles. The van der Waals surface area contributed by atoms with E-state index in [1.54, 1.807) is 5.48 Å². The lowest BCUT2D eigenvalue weighted by molar-refractivity contribution is 0.194. The van der Waals surface area contributed by atoms with E-state index in [4.69, 9.17) is 5.21 Å². The highest BCUT2D eigenvalue weighted by Crippen LogP contribution is 0.957. The molecule has 3 nitrogen and oxygen atoms in total. The molecule has 0 spiro atoms. The zero-order chi connectivity index (χ0) is 2.71. The van der Waals surface area contributed by atoms with Crippen molar-refractivity contribution in [2.45, 2.75) is 0 Å². The van der Waals surface area contributed by atoms with E-state index in [9.17, 15) is 0 Å². The monoisotopic (exact) mass is 64.1 g/mol. The topological polar surface area (TPSA) is 67.3 Å². The molecule has 0 fully saturated rings. The summed E-state index contributed by atoms with van der Waals surface area (Å²) in [6, 6.07) is 0. The number of hydrogen-bond donors (Lipinski definition) is 3. The van der Waals surface area contributed by atoms with E-state index in [0.717, 1.165) is 0 Å². The Hall–Kier alpha value is -0.120. The second-order valence-electron chi connectivity index (χ2n) is 0.224. The van der Waals surface area contributed by atoms with E-state index < -0.39 is 0 Å². The third-order valence-electron chi connectivity index (χ3n) is 0. The molecule has 3 heteroatoms. The zero-order valence-corrected chi connectivity index (χ0v) is 2.65. The molecule has 0 aliphatic carbocycles. The second-order valence-corrected chi connectivity index (χ2v) is 0.224. The summed E-state index contributed by atoms with van der Waals surface area (Å²) in [6.07, 6.45) is 0. The average Bonchev–Trinajstić information content (AvgIpc) is 0.918. The van der Waals surface area contributed by atoms with Gasteiger partial charge in [-0.25, -0.2) is 5.48 Å². The van der Waals surface area contributed by atoms with Crippen LogP contribution >= 0.6 is 0 Å². The Morgan fingerprint density at radius 2 is 1.75 bits per heavy atom. The van der Waals surface area contributed by atoms with Crippen LogP contribution < -0.4 is 11.6 Å². The number of hydrogen-bond acceptors (Lipinski definition) is 3. The first-order valence-electron chi connectivity index (χ1n) is 0.724. The quantitative estimate of drug-likeness (QED) is 0.340. The van der Waals surface area contributed by atoms with Gasteiger partial charge in [0.2, 0.25) is 0 Å². The lowest BCUT2D eigenvalue weighted by Crippen LogP contribution is -1.91. The molecule has 5 N–H and O–H groups in total. The Bertz CT molecular complexity index is 6.00. The molecule has 0 heterocycles. The van der Waals surface area contributed by atoms with Crippen molar-refractivity contribution in [1.29, 1.82) is 0 Å². The largest absolute Gasteiger partial charge is 0.344 e. The molecule has 0 aliphatic rings. The Balaban J connectivity index is 0. The Morgan fingerprint density at radius 3 is 1.75 bits per heavy atom. The van der Waals surface area contributed by atoms with E-state index in [2.05, 4.69) is 0 Å². The van der Waals surface area contributed by atoms with Gasteiger partial charge >= 0.3 is 0 Å². The van der Waals surface area contributed by atoms with Crippen molar-refractivity contribution >= 4 is 0 Å². The van der Waals surface area contributed by atoms with Crippen LogP contribution in [0.5, 0.6) is 0 Å². The molecule has 0 unspecified atom stereocenters. The van der Waals surface area contributed by atoms with Gasteiger partial charge in [0, 0.05) is 7.05 Å². The Kier molecular flexibility index (Phi) is 29.9. The summed E-state index contributed by atoms with van der Waals surface area (Å²) >= 11 is 0. The minimum Gasteiger partial charge on any atom is -0.344 e. The van der Waals surface area contributed by atoms with Crippen LogP contribution in [-0.2, 0) is 0 Å². The maximum atomic E-state index is 7.32. The smallest absolute Gasteiger partial charge is 0.00929 e. The molecule has 0 saturated heterocycles. The molecule has 4 heavy (non-hydrogen) atoms. The third kappa shape index (κ3) is 101. The Labute approximate surface area is 25.2 Å². The van der Waals surface area contributed by atoms with Gasteiger partial charge in [0.05, 0.1) is 0 Å². The molecule has 0 radical (unpaired) electrons. The highest BCUT2D eigenvalue weighted by Gasteiger charge is 1.24. The molecule has 0 atom stereocenters. The summed E-state index contributed by atoms with van der Waals surface area (Å²) in [5.41, 5.74) is 1.75. The summed E-state index contributed by atoms with van der Waals surface area (Å²) in [4.78, 5) is 0. The van der Waals surface area contributed by atoms with Gasteiger partial charge in [-0.3, -0.25) is 0 Å². The van der Waals surface area contributed by atoms with Gasteiger partial charge in [0.25, 0.3) is 0 Å². The lowest BCUT2D eigenvalue weighted by atomic mass is 11.6. The van der Waals surface area contributed by atoms with Gasteiger partial charge in [-0.2, -0.15) is 0 Å². The fraction of sp³-hybridized carbons (Fsp3) is 1.00. The van der Waals surface area contributed by atoms with E-state index in [-0.39, 0.29) is 6.15 Å². The lowest BCUT2D eigenvalue weighted by Gasteiger charge is -1.60. The first kappa shape index (κ1) is 9.11. The highest BCUT2D eigenvalue weighted by atomic mass is 16.5. The normalized spacial score (nSPS) is 4.50. The number of nitrogens with one attached hydrogen (secondary N) is 1. The van der Waals surface area contributed by atoms with Gasteiger partial charge in [-0.1, -0.05) is 0 Å². The summed E-state index contributed by atoms with van der Waals surface area (Å²) in [5.74, 6) is 0. The van der Waals surface area contributed by atoms with Crippen molar-refractivity contribution in [2.24, 2.45) is 0 Å². The van der Waals surface area contributed by atoms with E-state index in [0.29, 0.717) is 0 Å². The van der Waals surface area contributed by atoms with Gasteiger partial charge in [-0.15, -0.1) is 0 Å². The fourth-order valence-electron chi connectivity index (χ4n) is 0. The van der Waals surface area contributed by atoms with Crippen molar-refractivity contribution in [1.82, 2.24) is 11.6 Å². The molecule has 0 amide bonds. The summed E-state index contributed by atoms with van der Waals surface area (Å²) in [5, 5.41) is 7.32. The fourth-order valence-corrected chi connectivity index (χ4v) is 0. The molecule has 0 aromatic rings. The van der Waals surface area contributed by atoms with Crippen molar-refractivity contribution in [3.05, 3.63) is 0 Å². The predicted molar refractivity (Wildman–Crippen MR) is 15.9 cm³/mol. The summed E-state index contributed by atoms with van der Waals surface area (Å²) < 4.78 is 0. The van der Waals surface area contributed by atoms with Gasteiger partial charge < -0.3 is 11.4 Å². The zero-order valence-electron chi connectivity index (χ0n) is 2.65. The maximum absolute atomic E-state index is 7.32. The minimum atomic E-state index is 0. The van der Waals surface area contributed by atoms with E-state index >= 15 is 0 Å². The maximum Gasteiger partial charge on any atom is 0.00929 e. The first-order valence-corrected chi connectivity index (χ1v) is 0.724. The van der Waals surface area contributed by atoms with E-state index in [1.807, 2.05) is 0 Å². The SMILES string of the molecule is CNO.N. The Morgan fingerprint density at radius 1 is 1.75 bits per heavy atom. The molecule has 0 rings (SSSR count). The van der Waals surface area contributed by atoms with Crippen molar-refractivity contribution in [3.8, 4) is 0 Å². The molecule has 0 aromatic heterocycles. The van der Waals surface area contributed by atoms with E-state index in [1.165, 1.54) is 7.05 Å². The van der Waals surface area contributed by atoms with Gasteiger partial charge in [0.1, 0.15) is 0 Å². The van der Waals surface area contributed by atoms with Gasteiger partial charge in [0.15, 0.2) is 0 Å². The molecule has 0 bridgehead atoms. The second kappa shape index (κ2) is 13.1. The van der Waals surface area contributed by atoms with Crippen LogP contribution in [0, 0.1) is 0 Å². The van der Waals surface area contributed by atoms with Crippen LogP contribution in [0.3, 0.4) is 0 Å². The first-order chi connectivity index (χ1) is 1.41. The van der Waals surface area contributed by atoms with Crippen LogP contribution in [0.25, 0.3) is 0 Å². The highest BCUT2D eigenvalue weighted by molar-refractivity contribution is 3.65. The standard InChI is InChI=1S/CH5NO.H3N/c1-2-3;/h2-3H,1H3;1H3. The molecular weight excluding hydrogens is 56.0 g/mol. The summed E-state index contributed by atoms with van der Waals surface area (Å²) in [7, 11) is 1.43. The molecular formula is CH8N2O. The number of rotatable bonds is 0. The average molecular weight is 64.1 g/mol. The van der Waals surface area contributed by atoms with Crippen LogP contribution in [-0.4, -0.2) is 12.3 Å². The van der Waals surface area contributed by atoms with Gasteiger partial charge in [-0.05, 0) is 0 Å². The van der Waals surface area contributed by atoms with Crippen molar-refractivity contribution in [2.75, 3.05) is 7.05 Å². The summed E-state index contributed by atoms with van der Waals surface area (Å²) in [6.45, 7) is 0. The van der Waals surface area contributed by atoms with Crippen molar-refractivity contribution < 1.29 is 5.21 Å². The van der Waals surface area contributed by atoms with Crippen LogP contribution in [0.15, 0.2) is 0 Å². The number of hydroxylamine groups is 1. The minimum absolute atomic E-state index is 0. The molecule has 0 aliphatic heterocycles. The molecule has 28 valence electrons.